The van der Waals surface area contributed by atoms with Crippen molar-refractivity contribution < 1.29 is 9.84 Å². The van der Waals surface area contributed by atoms with Crippen LogP contribution >= 0.6 is 0 Å². The van der Waals surface area contributed by atoms with Crippen LogP contribution in [0.3, 0.4) is 0 Å². The third-order valence-corrected chi connectivity index (χ3v) is 3.94. The second-order valence-corrected chi connectivity index (χ2v) is 6.14. The number of nitrogens with zero attached hydrogens (tertiary/aromatic N) is 1. The largest absolute Gasteiger partial charge is 0.492 e. The minimum absolute atomic E-state index is 0.323. The van der Waals surface area contributed by atoms with Crippen molar-refractivity contribution in [1.29, 1.82) is 0 Å². The molecular weight excluding hydrogens is 238 g/mol. The molecule has 19 heavy (non-hydrogen) atoms. The fourth-order valence-electron chi connectivity index (χ4n) is 2.56. The number of ether oxygens (including phenoxy) is 1. The fraction of sp³-hybridized carbons (Fsp3) is 0.625. The zero-order valence-corrected chi connectivity index (χ0v) is 12.4. The molecule has 0 amide bonds. The van der Waals surface area contributed by atoms with Gasteiger partial charge < -0.3 is 9.84 Å². The smallest absolute Gasteiger partial charge is 0.119 e. The molecule has 1 heterocycles. The third-order valence-electron chi connectivity index (χ3n) is 3.94. The lowest BCUT2D eigenvalue weighted by Gasteiger charge is -2.49. The van der Waals surface area contributed by atoms with Crippen molar-refractivity contribution in [2.24, 2.45) is 5.92 Å². The number of likely N-dealkylation sites (tertiary alicyclic amines) is 1. The van der Waals surface area contributed by atoms with Gasteiger partial charge in [-0.05, 0) is 43.0 Å². The van der Waals surface area contributed by atoms with Crippen LogP contribution in [-0.2, 0) is 0 Å². The van der Waals surface area contributed by atoms with Gasteiger partial charge in [-0.3, -0.25) is 4.90 Å². The Morgan fingerprint density at radius 1 is 1.21 bits per heavy atom. The highest BCUT2D eigenvalue weighted by molar-refractivity contribution is 5.32. The summed E-state index contributed by atoms with van der Waals surface area (Å²) >= 11 is 0. The Balaban J connectivity index is 1.74. The molecule has 1 aromatic rings. The number of β-amino-alcohol motifs (C(OH)–C–C–N with tert-alkyl or cyclic N) is 1. The highest BCUT2D eigenvalue weighted by Gasteiger charge is 2.43. The Morgan fingerprint density at radius 3 is 2.32 bits per heavy atom. The van der Waals surface area contributed by atoms with E-state index in [9.17, 15) is 5.11 Å². The summed E-state index contributed by atoms with van der Waals surface area (Å²) in [6.45, 7) is 11.4. The molecule has 1 fully saturated rings. The molecule has 1 aromatic carbocycles. The zero-order chi connectivity index (χ0) is 14.0. The molecule has 0 spiro atoms. The maximum atomic E-state index is 10.2. The average Bonchev–Trinajstić information content (AvgIpc) is 2.24. The van der Waals surface area contributed by atoms with E-state index in [1.165, 1.54) is 11.1 Å². The molecule has 0 bridgehead atoms. The van der Waals surface area contributed by atoms with E-state index in [1.807, 2.05) is 0 Å². The molecular formula is C16H25NO2. The average molecular weight is 263 g/mol. The molecule has 3 nitrogen and oxygen atoms in total. The minimum Gasteiger partial charge on any atom is -0.492 e. The van der Waals surface area contributed by atoms with E-state index >= 15 is 0 Å². The normalized spacial score (nSPS) is 18.4. The first-order valence-electron chi connectivity index (χ1n) is 7.05. The number of hydrogen-bond acceptors (Lipinski definition) is 3. The molecule has 0 aromatic heterocycles. The molecule has 0 unspecified atom stereocenters. The summed E-state index contributed by atoms with van der Waals surface area (Å²) in [6.07, 6.45) is 0. The SMILES string of the molecule is Cc1cc(C)cc(OCCN2CC(O)(C(C)C)C2)c1. The van der Waals surface area contributed by atoms with Crippen LogP contribution < -0.4 is 4.74 Å². The van der Waals surface area contributed by atoms with Crippen molar-refractivity contribution in [3.8, 4) is 5.75 Å². The predicted octanol–water partition coefficient (Wildman–Crippen LogP) is 2.38. The van der Waals surface area contributed by atoms with E-state index in [2.05, 4.69) is 50.8 Å². The monoisotopic (exact) mass is 263 g/mol. The standard InChI is InChI=1S/C16H25NO2/c1-12(2)16(18)10-17(11-16)5-6-19-15-8-13(3)7-14(4)9-15/h7-9,12,18H,5-6,10-11H2,1-4H3. The Hall–Kier alpha value is -1.06. The Bertz CT molecular complexity index is 416. The molecule has 3 heteroatoms. The number of benzene rings is 1. The molecule has 106 valence electrons. The summed E-state index contributed by atoms with van der Waals surface area (Å²) < 4.78 is 5.78. The Labute approximate surface area is 116 Å². The summed E-state index contributed by atoms with van der Waals surface area (Å²) in [7, 11) is 0. The molecule has 0 atom stereocenters. The lowest BCUT2D eigenvalue weighted by Crippen LogP contribution is -2.64. The van der Waals surface area contributed by atoms with Gasteiger partial charge in [0.25, 0.3) is 0 Å². The molecule has 1 aliphatic rings. The van der Waals surface area contributed by atoms with E-state index in [4.69, 9.17) is 4.74 Å². The molecule has 0 saturated carbocycles. The number of rotatable bonds is 5. The van der Waals surface area contributed by atoms with Crippen LogP contribution in [0, 0.1) is 19.8 Å². The lowest BCUT2D eigenvalue weighted by atomic mass is 9.83. The number of aliphatic hydroxyl groups is 1. The maximum absolute atomic E-state index is 10.2. The van der Waals surface area contributed by atoms with Crippen LogP contribution in [0.5, 0.6) is 5.75 Å². The molecule has 0 aliphatic carbocycles. The quantitative estimate of drug-likeness (QED) is 0.885. The van der Waals surface area contributed by atoms with Crippen molar-refractivity contribution in [2.75, 3.05) is 26.2 Å². The fourth-order valence-corrected chi connectivity index (χ4v) is 2.56. The first-order valence-corrected chi connectivity index (χ1v) is 7.05. The van der Waals surface area contributed by atoms with Gasteiger partial charge in [0.05, 0.1) is 5.60 Å². The van der Waals surface area contributed by atoms with Crippen LogP contribution in [0.25, 0.3) is 0 Å². The van der Waals surface area contributed by atoms with Gasteiger partial charge in [-0.25, -0.2) is 0 Å². The van der Waals surface area contributed by atoms with Crippen molar-refractivity contribution in [1.82, 2.24) is 4.90 Å². The Kier molecular flexibility index (Phi) is 4.16. The summed E-state index contributed by atoms with van der Waals surface area (Å²) in [4.78, 5) is 2.24. The summed E-state index contributed by atoms with van der Waals surface area (Å²) in [6, 6.07) is 6.27. The van der Waals surface area contributed by atoms with Gasteiger partial charge in [0.2, 0.25) is 0 Å². The van der Waals surface area contributed by atoms with Gasteiger partial charge in [0, 0.05) is 19.6 Å². The Morgan fingerprint density at radius 2 is 1.79 bits per heavy atom. The van der Waals surface area contributed by atoms with Gasteiger partial charge in [-0.2, -0.15) is 0 Å². The second kappa shape index (κ2) is 5.51. The van der Waals surface area contributed by atoms with Gasteiger partial charge in [-0.1, -0.05) is 19.9 Å². The van der Waals surface area contributed by atoms with E-state index in [1.54, 1.807) is 0 Å². The van der Waals surface area contributed by atoms with Gasteiger partial charge >= 0.3 is 0 Å². The van der Waals surface area contributed by atoms with Crippen molar-refractivity contribution in [3.63, 3.8) is 0 Å². The molecule has 0 radical (unpaired) electrons. The lowest BCUT2D eigenvalue weighted by molar-refractivity contribution is -0.129. The predicted molar refractivity (Wildman–Crippen MR) is 77.6 cm³/mol. The van der Waals surface area contributed by atoms with Crippen LogP contribution in [0.15, 0.2) is 18.2 Å². The maximum Gasteiger partial charge on any atom is 0.119 e. The first kappa shape index (κ1) is 14.4. The molecule has 2 rings (SSSR count). The summed E-state index contributed by atoms with van der Waals surface area (Å²) in [5, 5.41) is 10.2. The van der Waals surface area contributed by atoms with E-state index in [0.717, 1.165) is 25.4 Å². The highest BCUT2D eigenvalue weighted by atomic mass is 16.5. The zero-order valence-electron chi connectivity index (χ0n) is 12.4. The molecule has 1 N–H and O–H groups in total. The number of hydrogen-bond donors (Lipinski definition) is 1. The summed E-state index contributed by atoms with van der Waals surface area (Å²) in [5.74, 6) is 1.27. The first-order chi connectivity index (χ1) is 8.89. The number of aryl methyl sites for hydroxylation is 2. The van der Waals surface area contributed by atoms with Crippen LogP contribution in [0.4, 0.5) is 0 Å². The van der Waals surface area contributed by atoms with Crippen molar-refractivity contribution in [3.05, 3.63) is 29.3 Å². The van der Waals surface area contributed by atoms with E-state index < -0.39 is 5.60 Å². The summed E-state index contributed by atoms with van der Waals surface area (Å²) in [5.41, 5.74) is 1.97. The van der Waals surface area contributed by atoms with Crippen molar-refractivity contribution >= 4 is 0 Å². The van der Waals surface area contributed by atoms with E-state index in [-0.39, 0.29) is 0 Å². The van der Waals surface area contributed by atoms with Crippen LogP contribution in [0.1, 0.15) is 25.0 Å². The van der Waals surface area contributed by atoms with Gasteiger partial charge in [-0.15, -0.1) is 0 Å². The topological polar surface area (TPSA) is 32.7 Å². The molecule has 1 saturated heterocycles. The van der Waals surface area contributed by atoms with Gasteiger partial charge in [0.1, 0.15) is 12.4 Å². The van der Waals surface area contributed by atoms with Crippen LogP contribution in [-0.4, -0.2) is 41.8 Å². The molecule has 1 aliphatic heterocycles. The van der Waals surface area contributed by atoms with E-state index in [0.29, 0.717) is 12.5 Å². The van der Waals surface area contributed by atoms with Gasteiger partial charge in [0.15, 0.2) is 0 Å². The highest BCUT2D eigenvalue weighted by Crippen LogP contribution is 2.28. The van der Waals surface area contributed by atoms with Crippen LogP contribution in [0.2, 0.25) is 0 Å². The third kappa shape index (κ3) is 3.48. The van der Waals surface area contributed by atoms with Crippen molar-refractivity contribution in [2.45, 2.75) is 33.3 Å². The second-order valence-electron chi connectivity index (χ2n) is 6.14. The minimum atomic E-state index is -0.486.